The van der Waals surface area contributed by atoms with Crippen molar-refractivity contribution >= 4 is 23.5 Å². The molecule has 156 valence electrons. The Balaban J connectivity index is 1.62. The fraction of sp³-hybridized carbons (Fsp3) is 0.350. The van der Waals surface area contributed by atoms with Crippen LogP contribution in [0.2, 0.25) is 0 Å². The minimum absolute atomic E-state index is 0.0470. The van der Waals surface area contributed by atoms with E-state index in [2.05, 4.69) is 5.32 Å². The van der Waals surface area contributed by atoms with Gasteiger partial charge in [0.15, 0.2) is 0 Å². The van der Waals surface area contributed by atoms with Gasteiger partial charge in [-0.05, 0) is 41.6 Å². The van der Waals surface area contributed by atoms with Gasteiger partial charge in [0.2, 0.25) is 0 Å². The van der Waals surface area contributed by atoms with E-state index in [9.17, 15) is 23.1 Å². The predicted octanol–water partition coefficient (Wildman–Crippen LogP) is 4.65. The Hall–Kier alpha value is -2.23. The highest BCUT2D eigenvalue weighted by Gasteiger charge is 2.30. The molecule has 1 aliphatic heterocycles. The number of aliphatic hydroxyl groups is 1. The van der Waals surface area contributed by atoms with Gasteiger partial charge in [0, 0.05) is 23.5 Å². The summed E-state index contributed by atoms with van der Waals surface area (Å²) < 4.78 is 42.7. The molecule has 0 aliphatic carbocycles. The Kier molecular flexibility index (Phi) is 7.05. The summed E-state index contributed by atoms with van der Waals surface area (Å²) in [6, 6.07) is 13.9. The molecule has 1 saturated heterocycles. The minimum Gasteiger partial charge on any atom is -0.388 e. The number of carbonyl (C=O) groups is 1. The highest BCUT2D eigenvalue weighted by atomic mass is 32.2. The smallest absolute Gasteiger partial charge is 0.388 e. The van der Waals surface area contributed by atoms with Crippen LogP contribution in [0.5, 0.6) is 0 Å². The van der Waals surface area contributed by atoms with Crippen LogP contribution >= 0.6 is 11.8 Å². The van der Waals surface area contributed by atoms with E-state index in [1.54, 1.807) is 4.90 Å². The molecule has 1 aliphatic rings. The number of carbonyl (C=O) groups excluding carboxylic acids is 1. The van der Waals surface area contributed by atoms with Gasteiger partial charge in [0.05, 0.1) is 25.4 Å². The molecule has 0 spiro atoms. The Morgan fingerprint density at radius 3 is 2.55 bits per heavy atom. The number of alkyl halides is 3. The maximum atomic E-state index is 12.7. The number of morpholine rings is 1. The molecule has 0 unspecified atom stereocenters. The number of thioether (sulfide) groups is 1. The van der Waals surface area contributed by atoms with Crippen LogP contribution in [-0.4, -0.2) is 47.3 Å². The summed E-state index contributed by atoms with van der Waals surface area (Å²) in [6.07, 6.45) is -0.421. The first-order valence-electron chi connectivity index (χ1n) is 9.06. The molecule has 2 aromatic carbocycles. The van der Waals surface area contributed by atoms with Crippen LogP contribution in [0, 0.1) is 0 Å². The molecule has 2 amide bonds. The fourth-order valence-electron chi connectivity index (χ4n) is 3.12. The molecule has 3 rings (SSSR count). The van der Waals surface area contributed by atoms with Crippen molar-refractivity contribution in [2.45, 2.75) is 29.0 Å². The molecule has 1 heterocycles. The summed E-state index contributed by atoms with van der Waals surface area (Å²) >= 11 is -0.206. The van der Waals surface area contributed by atoms with Gasteiger partial charge in [-0.1, -0.05) is 30.3 Å². The third-order valence-corrected chi connectivity index (χ3v) is 5.25. The lowest BCUT2D eigenvalue weighted by molar-refractivity contribution is -0.0328. The molecule has 1 fully saturated rings. The number of halogens is 3. The lowest BCUT2D eigenvalue weighted by Crippen LogP contribution is -2.50. The van der Waals surface area contributed by atoms with Gasteiger partial charge in [0.1, 0.15) is 0 Å². The number of nitrogens with zero attached hydrogens (tertiary/aromatic N) is 1. The van der Waals surface area contributed by atoms with E-state index in [4.69, 9.17) is 4.74 Å². The Morgan fingerprint density at radius 2 is 1.90 bits per heavy atom. The van der Waals surface area contributed by atoms with Gasteiger partial charge in [-0.3, -0.25) is 0 Å². The molecule has 2 aromatic rings. The molecule has 29 heavy (non-hydrogen) atoms. The number of rotatable bonds is 5. The lowest BCUT2D eigenvalue weighted by Gasteiger charge is -2.36. The Labute approximate surface area is 170 Å². The van der Waals surface area contributed by atoms with Crippen molar-refractivity contribution in [3.05, 3.63) is 60.2 Å². The first-order valence-corrected chi connectivity index (χ1v) is 9.87. The van der Waals surface area contributed by atoms with Gasteiger partial charge in [-0.15, -0.1) is 0 Å². The fourth-order valence-corrected chi connectivity index (χ4v) is 3.66. The highest BCUT2D eigenvalue weighted by molar-refractivity contribution is 8.00. The van der Waals surface area contributed by atoms with E-state index in [-0.39, 0.29) is 28.7 Å². The molecule has 0 aromatic heterocycles. The van der Waals surface area contributed by atoms with Crippen molar-refractivity contribution in [2.24, 2.45) is 0 Å². The monoisotopic (exact) mass is 426 g/mol. The standard InChI is InChI=1S/C20H21F3N2O3S/c21-20(22,23)29-17-8-6-15(7-9-17)24-19(27)25-10-11-28-13-16(25)12-18(26)14-4-2-1-3-5-14/h1-9,16,18,26H,10-13H2,(H,24,27)/t16-,18+/m0/s1. The number of hydrogen-bond donors (Lipinski definition) is 2. The summed E-state index contributed by atoms with van der Waals surface area (Å²) in [5.41, 5.74) is -3.20. The van der Waals surface area contributed by atoms with Crippen molar-refractivity contribution in [3.8, 4) is 0 Å². The zero-order valence-electron chi connectivity index (χ0n) is 15.4. The molecular formula is C20H21F3N2O3S. The molecule has 9 heteroatoms. The first-order chi connectivity index (χ1) is 13.8. The quantitative estimate of drug-likeness (QED) is 0.683. The summed E-state index contributed by atoms with van der Waals surface area (Å²) in [5.74, 6) is 0. The van der Waals surface area contributed by atoms with Gasteiger partial charge in [0.25, 0.3) is 0 Å². The van der Waals surface area contributed by atoms with Crippen LogP contribution < -0.4 is 5.32 Å². The topological polar surface area (TPSA) is 61.8 Å². The number of anilines is 1. The van der Waals surface area contributed by atoms with E-state index in [0.717, 1.165) is 5.56 Å². The van der Waals surface area contributed by atoms with Crippen molar-refractivity contribution in [1.29, 1.82) is 0 Å². The van der Waals surface area contributed by atoms with Crippen LogP contribution in [0.25, 0.3) is 0 Å². The third-order valence-electron chi connectivity index (χ3n) is 4.51. The van der Waals surface area contributed by atoms with Crippen LogP contribution in [0.1, 0.15) is 18.1 Å². The molecular weight excluding hydrogens is 405 g/mol. The first kappa shape index (κ1) is 21.5. The average molecular weight is 426 g/mol. The third kappa shape index (κ3) is 6.38. The second-order valence-electron chi connectivity index (χ2n) is 6.59. The second kappa shape index (κ2) is 9.51. The maximum Gasteiger partial charge on any atom is 0.446 e. The van der Waals surface area contributed by atoms with E-state index < -0.39 is 11.6 Å². The highest BCUT2D eigenvalue weighted by Crippen LogP contribution is 2.37. The van der Waals surface area contributed by atoms with Crippen LogP contribution in [-0.2, 0) is 4.74 Å². The van der Waals surface area contributed by atoms with Crippen LogP contribution in [0.15, 0.2) is 59.5 Å². The largest absolute Gasteiger partial charge is 0.446 e. The zero-order chi connectivity index (χ0) is 20.9. The molecule has 2 atom stereocenters. The summed E-state index contributed by atoms with van der Waals surface area (Å²) in [6.45, 7) is 1.05. The van der Waals surface area contributed by atoms with Crippen molar-refractivity contribution in [1.82, 2.24) is 4.90 Å². The molecule has 0 saturated carbocycles. The van der Waals surface area contributed by atoms with E-state index >= 15 is 0 Å². The summed E-state index contributed by atoms with van der Waals surface area (Å²) in [4.78, 5) is 14.3. The Bertz CT molecular complexity index is 803. The van der Waals surface area contributed by atoms with Gasteiger partial charge in [-0.2, -0.15) is 13.2 Å². The molecule has 0 radical (unpaired) electrons. The second-order valence-corrected chi connectivity index (χ2v) is 7.73. The lowest BCUT2D eigenvalue weighted by atomic mass is 10.0. The number of hydrogen-bond acceptors (Lipinski definition) is 4. The van der Waals surface area contributed by atoms with Crippen LogP contribution in [0.4, 0.5) is 23.7 Å². The SMILES string of the molecule is O=C(Nc1ccc(SC(F)(F)F)cc1)N1CCOC[C@@H]1C[C@@H](O)c1ccccc1. The number of aliphatic hydroxyl groups excluding tert-OH is 1. The van der Waals surface area contributed by atoms with Crippen molar-refractivity contribution in [3.63, 3.8) is 0 Å². The molecule has 5 nitrogen and oxygen atoms in total. The average Bonchev–Trinajstić information content (AvgIpc) is 2.69. The Morgan fingerprint density at radius 1 is 1.21 bits per heavy atom. The van der Waals surface area contributed by atoms with Gasteiger partial charge >= 0.3 is 11.5 Å². The van der Waals surface area contributed by atoms with Crippen LogP contribution in [0.3, 0.4) is 0 Å². The van der Waals surface area contributed by atoms with Gasteiger partial charge < -0.3 is 20.1 Å². The number of nitrogens with one attached hydrogen (secondary N) is 1. The van der Waals surface area contributed by atoms with E-state index in [1.165, 1.54) is 24.3 Å². The molecule has 2 N–H and O–H groups in total. The number of ether oxygens (including phenoxy) is 1. The summed E-state index contributed by atoms with van der Waals surface area (Å²) in [7, 11) is 0. The number of urea groups is 1. The van der Waals surface area contributed by atoms with Crippen molar-refractivity contribution in [2.75, 3.05) is 25.1 Å². The minimum atomic E-state index is -4.36. The van der Waals surface area contributed by atoms with E-state index in [0.29, 0.717) is 31.9 Å². The predicted molar refractivity (Wildman–Crippen MR) is 105 cm³/mol. The van der Waals surface area contributed by atoms with Crippen molar-refractivity contribution < 1.29 is 27.8 Å². The zero-order valence-corrected chi connectivity index (χ0v) is 16.2. The van der Waals surface area contributed by atoms with E-state index in [1.807, 2.05) is 30.3 Å². The number of amides is 2. The maximum absolute atomic E-state index is 12.7. The molecule has 0 bridgehead atoms. The number of benzene rings is 2. The normalized spacial score (nSPS) is 18.3. The van der Waals surface area contributed by atoms with Gasteiger partial charge in [-0.25, -0.2) is 4.79 Å². The summed E-state index contributed by atoms with van der Waals surface area (Å²) in [5, 5.41) is 13.2.